The molecule has 6 heteroatoms. The Kier molecular flexibility index (Phi) is 3.95. The quantitative estimate of drug-likeness (QED) is 0.874. The monoisotopic (exact) mass is 355 g/mol. The first-order chi connectivity index (χ1) is 13.2. The molecule has 2 heterocycles. The molecule has 0 spiro atoms. The maximum absolute atomic E-state index is 9.92. The number of rotatable bonds is 3. The maximum Gasteiger partial charge on any atom is 0.131 e. The van der Waals surface area contributed by atoms with Crippen molar-refractivity contribution in [3.63, 3.8) is 0 Å². The second-order valence-electron chi connectivity index (χ2n) is 6.20. The molecule has 0 saturated carbocycles. The van der Waals surface area contributed by atoms with Gasteiger partial charge >= 0.3 is 0 Å². The number of nitrogens with one attached hydrogen (secondary N) is 1. The van der Waals surface area contributed by atoms with Crippen LogP contribution in [0.25, 0.3) is 0 Å². The predicted octanol–water partition coefficient (Wildman–Crippen LogP) is 3.54. The number of ether oxygens (including phenoxy) is 1. The molecule has 132 valence electrons. The summed E-state index contributed by atoms with van der Waals surface area (Å²) in [7, 11) is 0. The van der Waals surface area contributed by atoms with Crippen LogP contribution >= 0.6 is 0 Å². The Labute approximate surface area is 157 Å². The molecule has 0 amide bonds. The number of allylic oxidation sites excluding steroid dienone is 2. The van der Waals surface area contributed by atoms with Gasteiger partial charge in [0, 0.05) is 0 Å². The van der Waals surface area contributed by atoms with Crippen LogP contribution in [-0.2, 0) is 0 Å². The number of benzene rings is 2. The van der Waals surface area contributed by atoms with Crippen molar-refractivity contribution in [2.45, 2.75) is 12.8 Å². The summed E-state index contributed by atoms with van der Waals surface area (Å²) in [6.07, 6.45) is 0. The van der Waals surface area contributed by atoms with Crippen molar-refractivity contribution >= 4 is 11.4 Å². The summed E-state index contributed by atoms with van der Waals surface area (Å²) >= 11 is 0. The van der Waals surface area contributed by atoms with Crippen LogP contribution in [0, 0.1) is 22.7 Å². The van der Waals surface area contributed by atoms with Crippen molar-refractivity contribution in [1.29, 1.82) is 10.5 Å². The highest BCUT2D eigenvalue weighted by atomic mass is 16.5. The smallest absolute Gasteiger partial charge is 0.131 e. The van der Waals surface area contributed by atoms with Gasteiger partial charge < -0.3 is 15.8 Å². The van der Waals surface area contributed by atoms with Crippen molar-refractivity contribution in [2.75, 3.05) is 16.8 Å². The third-order valence-corrected chi connectivity index (χ3v) is 4.74. The second-order valence-corrected chi connectivity index (χ2v) is 6.20. The van der Waals surface area contributed by atoms with Gasteiger partial charge in [0.1, 0.15) is 17.4 Å². The lowest BCUT2D eigenvalue weighted by molar-refractivity contribution is 0.340. The number of fused-ring (bicyclic) bond motifs is 3. The molecule has 0 fully saturated rings. The predicted molar refractivity (Wildman–Crippen MR) is 102 cm³/mol. The first-order valence-corrected chi connectivity index (χ1v) is 8.62. The van der Waals surface area contributed by atoms with Gasteiger partial charge in [-0.3, -0.25) is 4.90 Å². The van der Waals surface area contributed by atoms with Crippen LogP contribution in [0.4, 0.5) is 11.4 Å². The van der Waals surface area contributed by atoms with E-state index in [0.29, 0.717) is 29.4 Å². The van der Waals surface area contributed by atoms with E-state index in [4.69, 9.17) is 10.5 Å². The van der Waals surface area contributed by atoms with Crippen LogP contribution in [0.1, 0.15) is 18.4 Å². The summed E-state index contributed by atoms with van der Waals surface area (Å²) in [4.78, 5) is 1.75. The van der Waals surface area contributed by atoms with Crippen LogP contribution < -0.4 is 20.7 Å². The van der Waals surface area contributed by atoms with Gasteiger partial charge in [0.05, 0.1) is 47.2 Å². The Morgan fingerprint density at radius 2 is 1.78 bits per heavy atom. The lowest BCUT2D eigenvalue weighted by Gasteiger charge is -2.31. The summed E-state index contributed by atoms with van der Waals surface area (Å²) in [5.74, 6) is 1.16. The first kappa shape index (κ1) is 16.6. The summed E-state index contributed by atoms with van der Waals surface area (Å²) in [5, 5.41) is 23.0. The van der Waals surface area contributed by atoms with Gasteiger partial charge in [-0.15, -0.1) is 0 Å². The average molecular weight is 355 g/mol. The SMILES string of the molecule is CCOc1ccc(C2C(C#N)=C(N)N3C(=C2C#N)Nc2ccccc23)cc1. The topological polar surface area (TPSA) is 98.1 Å². The summed E-state index contributed by atoms with van der Waals surface area (Å²) < 4.78 is 5.49. The van der Waals surface area contributed by atoms with Gasteiger partial charge in [-0.2, -0.15) is 10.5 Å². The third-order valence-electron chi connectivity index (χ3n) is 4.74. The van der Waals surface area contributed by atoms with Gasteiger partial charge in [0.25, 0.3) is 0 Å². The molecule has 3 N–H and O–H groups in total. The molecule has 0 radical (unpaired) electrons. The van der Waals surface area contributed by atoms with E-state index in [1.807, 2.05) is 55.5 Å². The van der Waals surface area contributed by atoms with Crippen LogP contribution in [0.5, 0.6) is 5.75 Å². The fraction of sp³-hybridized carbons (Fsp3) is 0.143. The van der Waals surface area contributed by atoms with Gasteiger partial charge in [-0.1, -0.05) is 24.3 Å². The maximum atomic E-state index is 9.92. The molecule has 0 saturated heterocycles. The standard InChI is InChI=1S/C21H17N5O/c1-2-27-14-9-7-13(8-10-14)19-15(11-22)20(24)26-18-6-4-3-5-17(18)25-21(26)16(19)12-23/h3-10,19,25H,2,24H2,1H3. The number of nitrogens with zero attached hydrogens (tertiary/aromatic N) is 3. The van der Waals surface area contributed by atoms with Gasteiger partial charge in [-0.25, -0.2) is 0 Å². The number of nitrogens with two attached hydrogens (primary N) is 1. The van der Waals surface area contributed by atoms with E-state index in [1.165, 1.54) is 0 Å². The highest BCUT2D eigenvalue weighted by Gasteiger charge is 2.40. The van der Waals surface area contributed by atoms with Gasteiger partial charge in [0.2, 0.25) is 0 Å². The van der Waals surface area contributed by atoms with Crippen molar-refractivity contribution in [3.05, 3.63) is 76.9 Å². The lowest BCUT2D eigenvalue weighted by atomic mass is 9.83. The molecule has 0 aliphatic carbocycles. The molecular weight excluding hydrogens is 338 g/mol. The summed E-state index contributed by atoms with van der Waals surface area (Å²) in [6, 6.07) is 19.6. The Morgan fingerprint density at radius 3 is 2.44 bits per heavy atom. The third kappa shape index (κ3) is 2.47. The number of hydrogen-bond acceptors (Lipinski definition) is 6. The van der Waals surface area contributed by atoms with Crippen LogP contribution in [0.15, 0.2) is 71.3 Å². The highest BCUT2D eigenvalue weighted by Crippen LogP contribution is 2.47. The summed E-state index contributed by atoms with van der Waals surface area (Å²) in [5.41, 5.74) is 9.71. The molecule has 1 atom stereocenters. The Bertz CT molecular complexity index is 1050. The van der Waals surface area contributed by atoms with Crippen molar-refractivity contribution in [2.24, 2.45) is 5.73 Å². The zero-order valence-electron chi connectivity index (χ0n) is 14.7. The van der Waals surface area contributed by atoms with Crippen LogP contribution in [0.2, 0.25) is 0 Å². The van der Waals surface area contributed by atoms with Crippen LogP contribution in [0.3, 0.4) is 0 Å². The zero-order valence-corrected chi connectivity index (χ0v) is 14.7. The van der Waals surface area contributed by atoms with E-state index in [0.717, 1.165) is 22.7 Å². The van der Waals surface area contributed by atoms with Crippen molar-refractivity contribution in [3.8, 4) is 17.9 Å². The Balaban J connectivity index is 1.87. The molecule has 6 nitrogen and oxygen atoms in total. The van der Waals surface area contributed by atoms with Crippen molar-refractivity contribution < 1.29 is 4.74 Å². The minimum absolute atomic E-state index is 0.336. The minimum Gasteiger partial charge on any atom is -0.494 e. The Hall–Kier alpha value is -3.90. The molecular formula is C21H17N5O. The number of hydrogen-bond donors (Lipinski definition) is 2. The van der Waals surface area contributed by atoms with E-state index in [1.54, 1.807) is 4.90 Å². The Morgan fingerprint density at radius 1 is 1.07 bits per heavy atom. The molecule has 0 bridgehead atoms. The van der Waals surface area contributed by atoms with E-state index in [-0.39, 0.29) is 0 Å². The number of nitriles is 2. The second kappa shape index (κ2) is 6.44. The molecule has 27 heavy (non-hydrogen) atoms. The zero-order chi connectivity index (χ0) is 19.0. The van der Waals surface area contributed by atoms with Crippen LogP contribution in [-0.4, -0.2) is 6.61 Å². The number of anilines is 2. The van der Waals surface area contributed by atoms with E-state index in [9.17, 15) is 10.5 Å². The largest absolute Gasteiger partial charge is 0.494 e. The molecule has 1 unspecified atom stereocenters. The van der Waals surface area contributed by atoms with E-state index in [2.05, 4.69) is 17.5 Å². The lowest BCUT2D eigenvalue weighted by Crippen LogP contribution is -2.34. The fourth-order valence-electron chi connectivity index (χ4n) is 3.56. The van der Waals surface area contributed by atoms with Gasteiger partial charge in [0.15, 0.2) is 0 Å². The molecule has 2 aromatic rings. The number of para-hydroxylation sites is 2. The highest BCUT2D eigenvalue weighted by molar-refractivity contribution is 5.86. The average Bonchev–Trinajstić information content (AvgIpc) is 3.08. The van der Waals surface area contributed by atoms with E-state index >= 15 is 0 Å². The van der Waals surface area contributed by atoms with Gasteiger partial charge in [-0.05, 0) is 36.8 Å². The molecule has 0 aromatic heterocycles. The van der Waals surface area contributed by atoms with Crippen molar-refractivity contribution in [1.82, 2.24) is 0 Å². The molecule has 4 rings (SSSR count). The normalized spacial score (nSPS) is 17.6. The first-order valence-electron chi connectivity index (χ1n) is 8.62. The molecule has 2 aliphatic heterocycles. The minimum atomic E-state index is -0.524. The van der Waals surface area contributed by atoms with E-state index < -0.39 is 5.92 Å². The molecule has 2 aromatic carbocycles. The molecule has 2 aliphatic rings. The fourth-order valence-corrected chi connectivity index (χ4v) is 3.56. The summed E-state index contributed by atoms with van der Waals surface area (Å²) in [6.45, 7) is 2.49.